The molecule has 5 rings (SSSR count). The Hall–Kier alpha value is -3.10. The fraction of sp³-hybridized carbons (Fsp3) is 0.500. The standard InChI is InChI=1S/C26H29F3N2O4/c1-25(2,3)35-24(33)30-9-7-21-19(14-30)18-11-15(12-22-23(18)31(21)8-4-10-34-22)17-6-5-16(32)13-20(17)26(27,28)29/h5-6,11-13,19,21,32H,4,7-10,14H2,1-3H3/t19-,21-/m0/s1. The fourth-order valence-electron chi connectivity index (χ4n) is 5.47. The number of anilines is 1. The maximum absolute atomic E-state index is 13.8. The SMILES string of the molecule is CC(C)(C)OC(=O)N1CC[C@H]2[C@@H](C1)c1cc(-c3ccc(O)cc3C(F)(F)F)cc3c1N2CCCO3. The second-order valence-corrected chi connectivity index (χ2v) is 10.4. The molecule has 1 saturated heterocycles. The Morgan fingerprint density at radius 1 is 1.14 bits per heavy atom. The second-order valence-electron chi connectivity index (χ2n) is 10.4. The molecule has 6 nitrogen and oxygen atoms in total. The number of benzene rings is 2. The lowest BCUT2D eigenvalue weighted by atomic mass is 9.87. The van der Waals surface area contributed by atoms with Gasteiger partial charge in [0, 0.05) is 31.6 Å². The molecule has 3 aliphatic heterocycles. The monoisotopic (exact) mass is 490 g/mol. The molecule has 1 amide bonds. The van der Waals surface area contributed by atoms with Gasteiger partial charge in [-0.3, -0.25) is 0 Å². The van der Waals surface area contributed by atoms with Crippen LogP contribution in [0.4, 0.5) is 23.7 Å². The smallest absolute Gasteiger partial charge is 0.417 e. The molecule has 0 spiro atoms. The van der Waals surface area contributed by atoms with Crippen LogP contribution < -0.4 is 9.64 Å². The van der Waals surface area contributed by atoms with Gasteiger partial charge < -0.3 is 24.4 Å². The molecule has 1 fully saturated rings. The van der Waals surface area contributed by atoms with E-state index < -0.39 is 23.1 Å². The molecule has 2 aromatic rings. The molecule has 9 heteroatoms. The number of halogens is 3. The van der Waals surface area contributed by atoms with Gasteiger partial charge >= 0.3 is 12.3 Å². The van der Waals surface area contributed by atoms with Crippen LogP contribution in [0.5, 0.6) is 11.5 Å². The molecule has 0 saturated carbocycles. The molecule has 188 valence electrons. The number of fused-ring (bicyclic) bond motifs is 3. The number of alkyl halides is 3. The summed E-state index contributed by atoms with van der Waals surface area (Å²) in [6.45, 7) is 7.72. The van der Waals surface area contributed by atoms with Crippen molar-refractivity contribution in [2.45, 2.75) is 57.3 Å². The van der Waals surface area contributed by atoms with E-state index in [9.17, 15) is 23.1 Å². The van der Waals surface area contributed by atoms with Crippen LogP contribution >= 0.6 is 0 Å². The highest BCUT2D eigenvalue weighted by Gasteiger charge is 2.46. The summed E-state index contributed by atoms with van der Waals surface area (Å²) in [6, 6.07) is 6.91. The van der Waals surface area contributed by atoms with Gasteiger partial charge in [-0.05, 0) is 74.6 Å². The third-order valence-electron chi connectivity index (χ3n) is 6.84. The molecule has 0 aromatic heterocycles. The first-order valence-electron chi connectivity index (χ1n) is 11.9. The molecule has 0 radical (unpaired) electrons. The second kappa shape index (κ2) is 8.24. The molecule has 1 N–H and O–H groups in total. The van der Waals surface area contributed by atoms with Gasteiger partial charge in [0.25, 0.3) is 0 Å². The highest BCUT2D eigenvalue weighted by atomic mass is 19.4. The number of amides is 1. The van der Waals surface area contributed by atoms with Crippen LogP contribution in [-0.4, -0.2) is 54.0 Å². The van der Waals surface area contributed by atoms with Crippen LogP contribution in [0, 0.1) is 0 Å². The van der Waals surface area contributed by atoms with Crippen molar-refractivity contribution in [3.8, 4) is 22.6 Å². The predicted octanol–water partition coefficient (Wildman–Crippen LogP) is 5.77. The molecule has 3 heterocycles. The number of piperidine rings is 1. The quantitative estimate of drug-likeness (QED) is 0.550. The number of carbonyl (C=O) groups is 1. The number of aromatic hydroxyl groups is 1. The van der Waals surface area contributed by atoms with Crippen molar-refractivity contribution in [1.82, 2.24) is 4.90 Å². The number of hydrogen-bond donors (Lipinski definition) is 1. The summed E-state index contributed by atoms with van der Waals surface area (Å²) in [4.78, 5) is 16.8. The molecule has 3 aliphatic rings. The number of carbonyl (C=O) groups excluding carboxylic acids is 1. The van der Waals surface area contributed by atoms with Gasteiger partial charge in [-0.2, -0.15) is 13.2 Å². The zero-order valence-electron chi connectivity index (χ0n) is 20.0. The molecular formula is C26H29F3N2O4. The van der Waals surface area contributed by atoms with Gasteiger partial charge in [-0.1, -0.05) is 6.07 Å². The van der Waals surface area contributed by atoms with Crippen molar-refractivity contribution in [1.29, 1.82) is 0 Å². The predicted molar refractivity (Wildman–Crippen MR) is 125 cm³/mol. The minimum absolute atomic E-state index is 0.0167. The number of phenols is 1. The van der Waals surface area contributed by atoms with Crippen LogP contribution in [-0.2, 0) is 10.9 Å². The van der Waals surface area contributed by atoms with Crippen molar-refractivity contribution in [2.75, 3.05) is 31.1 Å². The fourth-order valence-corrected chi connectivity index (χ4v) is 5.47. The number of nitrogens with zero attached hydrogens (tertiary/aromatic N) is 2. The summed E-state index contributed by atoms with van der Waals surface area (Å²) in [5.41, 5.74) is 0.650. The van der Waals surface area contributed by atoms with E-state index in [4.69, 9.17) is 9.47 Å². The van der Waals surface area contributed by atoms with Gasteiger partial charge in [0.15, 0.2) is 0 Å². The van der Waals surface area contributed by atoms with Crippen LogP contribution in [0.1, 0.15) is 50.7 Å². The third kappa shape index (κ3) is 4.36. The Labute approximate surface area is 202 Å². The lowest BCUT2D eigenvalue weighted by Crippen LogP contribution is -2.49. The van der Waals surface area contributed by atoms with E-state index >= 15 is 0 Å². The Kier molecular flexibility index (Phi) is 5.56. The van der Waals surface area contributed by atoms with E-state index in [-0.39, 0.29) is 23.6 Å². The first-order valence-corrected chi connectivity index (χ1v) is 11.9. The van der Waals surface area contributed by atoms with Gasteiger partial charge in [0.05, 0.1) is 17.9 Å². The Bertz CT molecular complexity index is 1160. The average Bonchev–Trinajstić information content (AvgIpc) is 2.92. The van der Waals surface area contributed by atoms with Gasteiger partial charge in [0.1, 0.15) is 17.1 Å². The van der Waals surface area contributed by atoms with Gasteiger partial charge in [-0.15, -0.1) is 0 Å². The van der Waals surface area contributed by atoms with Crippen LogP contribution in [0.15, 0.2) is 30.3 Å². The Balaban J connectivity index is 1.58. The summed E-state index contributed by atoms with van der Waals surface area (Å²) in [6.07, 6.45) is -3.47. The molecule has 0 unspecified atom stereocenters. The van der Waals surface area contributed by atoms with E-state index in [1.165, 1.54) is 12.1 Å². The lowest BCUT2D eigenvalue weighted by molar-refractivity contribution is -0.137. The van der Waals surface area contributed by atoms with Crippen LogP contribution in [0.2, 0.25) is 0 Å². The third-order valence-corrected chi connectivity index (χ3v) is 6.84. The Morgan fingerprint density at radius 2 is 1.91 bits per heavy atom. The normalized spacial score (nSPS) is 21.7. The number of hydrogen-bond acceptors (Lipinski definition) is 5. The molecule has 2 atom stereocenters. The van der Waals surface area contributed by atoms with Crippen molar-refractivity contribution < 1.29 is 32.5 Å². The molecule has 0 aliphatic carbocycles. The summed E-state index contributed by atoms with van der Waals surface area (Å²) < 4.78 is 53.1. The van der Waals surface area contributed by atoms with Gasteiger partial charge in [-0.25, -0.2) is 4.79 Å². The van der Waals surface area contributed by atoms with Crippen LogP contribution in [0.3, 0.4) is 0 Å². The first kappa shape index (κ1) is 23.6. The number of rotatable bonds is 1. The number of ether oxygens (including phenoxy) is 2. The summed E-state index contributed by atoms with van der Waals surface area (Å²) in [5.74, 6) is 0.0516. The summed E-state index contributed by atoms with van der Waals surface area (Å²) >= 11 is 0. The largest absolute Gasteiger partial charge is 0.508 e. The zero-order chi connectivity index (χ0) is 25.1. The highest BCUT2D eigenvalue weighted by Crippen LogP contribution is 2.52. The highest BCUT2D eigenvalue weighted by molar-refractivity contribution is 5.80. The van der Waals surface area contributed by atoms with Gasteiger partial charge in [0.2, 0.25) is 0 Å². The van der Waals surface area contributed by atoms with E-state index in [0.717, 1.165) is 36.7 Å². The Morgan fingerprint density at radius 3 is 2.63 bits per heavy atom. The zero-order valence-corrected chi connectivity index (χ0v) is 20.0. The average molecular weight is 491 g/mol. The molecular weight excluding hydrogens is 461 g/mol. The maximum atomic E-state index is 13.8. The molecule has 35 heavy (non-hydrogen) atoms. The van der Waals surface area contributed by atoms with E-state index in [0.29, 0.717) is 31.0 Å². The van der Waals surface area contributed by atoms with E-state index in [1.54, 1.807) is 17.0 Å². The van der Waals surface area contributed by atoms with Crippen molar-refractivity contribution in [2.24, 2.45) is 0 Å². The topological polar surface area (TPSA) is 62.2 Å². The van der Waals surface area contributed by atoms with Crippen molar-refractivity contribution in [3.05, 3.63) is 41.5 Å². The number of likely N-dealkylation sites (tertiary alicyclic amines) is 1. The first-order chi connectivity index (χ1) is 16.4. The summed E-state index contributed by atoms with van der Waals surface area (Å²) in [7, 11) is 0. The van der Waals surface area contributed by atoms with Crippen LogP contribution in [0.25, 0.3) is 11.1 Å². The molecule has 2 aromatic carbocycles. The minimum atomic E-state index is -4.63. The van der Waals surface area contributed by atoms with E-state index in [1.807, 2.05) is 20.8 Å². The number of phenolic OH excluding ortho intramolecular Hbond substituents is 1. The minimum Gasteiger partial charge on any atom is -0.508 e. The molecule has 0 bridgehead atoms. The van der Waals surface area contributed by atoms with Crippen molar-refractivity contribution in [3.63, 3.8) is 0 Å². The van der Waals surface area contributed by atoms with Crippen molar-refractivity contribution >= 4 is 11.8 Å². The lowest BCUT2D eigenvalue weighted by Gasteiger charge is -2.39. The van der Waals surface area contributed by atoms with E-state index in [2.05, 4.69) is 4.90 Å². The maximum Gasteiger partial charge on any atom is 0.417 e. The summed E-state index contributed by atoms with van der Waals surface area (Å²) in [5, 5.41) is 9.72.